The van der Waals surface area contributed by atoms with Gasteiger partial charge in [0.2, 0.25) is 0 Å². The smallest absolute Gasteiger partial charge is 0.167 e. The molecule has 1 heterocycles. The lowest BCUT2D eigenvalue weighted by atomic mass is 10.0. The number of phenolic OH excluding ortho intramolecular Hbond substituents is 3. The highest BCUT2D eigenvalue weighted by atomic mass is 16.3. The number of rotatable bonds is 18. The molecule has 0 aliphatic rings. The molecule has 6 heteroatoms. The summed E-state index contributed by atoms with van der Waals surface area (Å²) >= 11 is 0. The van der Waals surface area contributed by atoms with Gasteiger partial charge in [-0.25, -0.2) is 15.0 Å². The monoisotopic (exact) mass is 609 g/mol. The Morgan fingerprint density at radius 2 is 0.689 bits per heavy atom. The fraction of sp³-hybridized carbons (Fsp3) is 0.462. The molecule has 45 heavy (non-hydrogen) atoms. The molecule has 3 N–H and O–H groups in total. The van der Waals surface area contributed by atoms with Gasteiger partial charge in [0.25, 0.3) is 0 Å². The highest BCUT2D eigenvalue weighted by Crippen LogP contribution is 2.36. The highest BCUT2D eigenvalue weighted by molar-refractivity contribution is 5.74. The number of aryl methyl sites for hydroxylation is 3. The van der Waals surface area contributed by atoms with Crippen LogP contribution in [0.25, 0.3) is 34.2 Å². The minimum atomic E-state index is 0.101. The van der Waals surface area contributed by atoms with E-state index in [0.717, 1.165) is 55.2 Å². The van der Waals surface area contributed by atoms with E-state index in [1.165, 1.54) is 57.8 Å². The Hall–Kier alpha value is -3.93. The molecule has 4 rings (SSSR count). The van der Waals surface area contributed by atoms with Gasteiger partial charge < -0.3 is 15.3 Å². The molecule has 0 saturated carbocycles. The molecule has 240 valence electrons. The van der Waals surface area contributed by atoms with Crippen LogP contribution in [0.3, 0.4) is 0 Å². The maximum atomic E-state index is 11.1. The van der Waals surface area contributed by atoms with Gasteiger partial charge in [0.1, 0.15) is 17.2 Å². The molecule has 1 aromatic heterocycles. The van der Waals surface area contributed by atoms with Crippen LogP contribution in [0.5, 0.6) is 17.2 Å². The van der Waals surface area contributed by atoms with E-state index in [0.29, 0.717) is 16.7 Å². The van der Waals surface area contributed by atoms with Crippen LogP contribution < -0.4 is 0 Å². The summed E-state index contributed by atoms with van der Waals surface area (Å²) in [5.74, 6) is 1.17. The van der Waals surface area contributed by atoms with Crippen molar-refractivity contribution in [3.63, 3.8) is 0 Å². The molecular formula is C39H51N3O3. The number of aromatic hydroxyl groups is 3. The Kier molecular flexibility index (Phi) is 13.2. The lowest BCUT2D eigenvalue weighted by Gasteiger charge is -2.13. The first-order valence-corrected chi connectivity index (χ1v) is 17.2. The molecule has 0 radical (unpaired) electrons. The van der Waals surface area contributed by atoms with Crippen molar-refractivity contribution in [3.8, 4) is 51.4 Å². The molecule has 3 aromatic carbocycles. The van der Waals surface area contributed by atoms with Crippen molar-refractivity contribution in [2.45, 2.75) is 117 Å². The summed E-state index contributed by atoms with van der Waals surface area (Å²) in [5, 5.41) is 33.3. The number of nitrogens with zero attached hydrogens (tertiary/aromatic N) is 3. The molecule has 0 bridgehead atoms. The van der Waals surface area contributed by atoms with E-state index in [1.54, 1.807) is 18.2 Å². The average Bonchev–Trinajstić information content (AvgIpc) is 3.03. The normalized spacial score (nSPS) is 11.3. The molecule has 0 aliphatic carbocycles. The number of unbranched alkanes of at least 4 members (excludes halogenated alkanes) is 9. The molecule has 0 unspecified atom stereocenters. The first-order valence-electron chi connectivity index (χ1n) is 17.2. The second-order valence-corrected chi connectivity index (χ2v) is 12.3. The van der Waals surface area contributed by atoms with Gasteiger partial charge in [-0.15, -0.1) is 0 Å². The lowest BCUT2D eigenvalue weighted by molar-refractivity contribution is 0.475. The van der Waals surface area contributed by atoms with Gasteiger partial charge in [0.05, 0.1) is 16.7 Å². The van der Waals surface area contributed by atoms with Gasteiger partial charge in [-0.05, 0) is 91.6 Å². The summed E-state index contributed by atoms with van der Waals surface area (Å²) in [6, 6.07) is 17.0. The number of benzene rings is 3. The maximum absolute atomic E-state index is 11.1. The van der Waals surface area contributed by atoms with Crippen LogP contribution >= 0.6 is 0 Å². The summed E-state index contributed by atoms with van der Waals surface area (Å²) in [4.78, 5) is 14.2. The number of aromatic nitrogens is 3. The van der Waals surface area contributed by atoms with Gasteiger partial charge >= 0.3 is 0 Å². The zero-order chi connectivity index (χ0) is 32.0. The number of hydrogen-bond acceptors (Lipinski definition) is 6. The second-order valence-electron chi connectivity index (χ2n) is 12.3. The SMILES string of the molecule is CCCCCCc1ccc(-c2nc(-c3ccc(CCCCCC)cc3O)nc(-c3ccc(CCCCCC)cc3O)n2)c(O)c1. The molecule has 0 fully saturated rings. The summed E-state index contributed by atoms with van der Waals surface area (Å²) in [6.07, 6.45) is 16.6. The quantitative estimate of drug-likeness (QED) is 0.0971. The van der Waals surface area contributed by atoms with Crippen molar-refractivity contribution < 1.29 is 15.3 Å². The van der Waals surface area contributed by atoms with Crippen LogP contribution in [0.2, 0.25) is 0 Å². The van der Waals surface area contributed by atoms with Crippen molar-refractivity contribution in [2.24, 2.45) is 0 Å². The van der Waals surface area contributed by atoms with Crippen LogP contribution in [0.4, 0.5) is 0 Å². The Labute approximate surface area is 269 Å². The first kappa shape index (κ1) is 34.0. The summed E-state index contributed by atoms with van der Waals surface area (Å²) in [7, 11) is 0. The molecule has 0 saturated heterocycles. The molecule has 4 aromatic rings. The van der Waals surface area contributed by atoms with Crippen LogP contribution in [0, 0.1) is 0 Å². The molecule has 0 spiro atoms. The highest BCUT2D eigenvalue weighted by Gasteiger charge is 2.19. The second kappa shape index (κ2) is 17.5. The van der Waals surface area contributed by atoms with E-state index in [9.17, 15) is 15.3 Å². The van der Waals surface area contributed by atoms with Gasteiger partial charge in [-0.2, -0.15) is 0 Å². The maximum Gasteiger partial charge on any atom is 0.167 e. The Morgan fingerprint density at radius 3 is 0.933 bits per heavy atom. The third-order valence-electron chi connectivity index (χ3n) is 8.50. The Morgan fingerprint density at radius 1 is 0.400 bits per heavy atom. The van der Waals surface area contributed by atoms with E-state index in [4.69, 9.17) is 15.0 Å². The molecular weight excluding hydrogens is 558 g/mol. The van der Waals surface area contributed by atoms with Gasteiger partial charge in [0, 0.05) is 0 Å². The van der Waals surface area contributed by atoms with Gasteiger partial charge in [0.15, 0.2) is 17.5 Å². The zero-order valence-electron chi connectivity index (χ0n) is 27.5. The van der Waals surface area contributed by atoms with E-state index < -0.39 is 0 Å². The first-order chi connectivity index (χ1) is 21.9. The minimum Gasteiger partial charge on any atom is -0.507 e. The lowest BCUT2D eigenvalue weighted by Crippen LogP contribution is -2.01. The standard InChI is InChI=1S/C39H51N3O3/c1-4-7-10-13-16-28-19-22-31(34(43)25-28)37-40-38(32-23-20-29(26-35(32)44)17-14-11-8-5-2)42-39(41-37)33-24-21-30(27-36(33)45)18-15-12-9-6-3/h19-27,43-45H,4-18H2,1-3H3. The molecule has 0 atom stereocenters. The van der Waals surface area contributed by atoms with Crippen molar-refractivity contribution in [1.29, 1.82) is 0 Å². The molecule has 0 amide bonds. The predicted molar refractivity (Wildman–Crippen MR) is 185 cm³/mol. The zero-order valence-corrected chi connectivity index (χ0v) is 27.5. The Balaban J connectivity index is 1.70. The number of hydrogen-bond donors (Lipinski definition) is 3. The third-order valence-corrected chi connectivity index (χ3v) is 8.50. The van der Waals surface area contributed by atoms with E-state index in [-0.39, 0.29) is 34.7 Å². The summed E-state index contributed by atoms with van der Waals surface area (Å²) in [5.41, 5.74) is 4.66. The topological polar surface area (TPSA) is 99.4 Å². The third kappa shape index (κ3) is 9.78. The fourth-order valence-corrected chi connectivity index (χ4v) is 5.77. The van der Waals surface area contributed by atoms with Crippen LogP contribution in [-0.2, 0) is 19.3 Å². The van der Waals surface area contributed by atoms with Crippen LogP contribution in [0.15, 0.2) is 54.6 Å². The largest absolute Gasteiger partial charge is 0.507 e. The van der Waals surface area contributed by atoms with E-state index >= 15 is 0 Å². The predicted octanol–water partition coefficient (Wildman–Crippen LogP) is 10.4. The molecule has 6 nitrogen and oxygen atoms in total. The summed E-state index contributed by atoms with van der Waals surface area (Å²) in [6.45, 7) is 6.59. The van der Waals surface area contributed by atoms with Crippen molar-refractivity contribution in [1.82, 2.24) is 15.0 Å². The van der Waals surface area contributed by atoms with Crippen LogP contribution in [-0.4, -0.2) is 30.3 Å². The van der Waals surface area contributed by atoms with Crippen LogP contribution in [0.1, 0.15) is 115 Å². The average molecular weight is 610 g/mol. The number of phenols is 3. The van der Waals surface area contributed by atoms with E-state index in [2.05, 4.69) is 20.8 Å². The van der Waals surface area contributed by atoms with E-state index in [1.807, 2.05) is 36.4 Å². The van der Waals surface area contributed by atoms with Gasteiger partial charge in [-0.1, -0.05) is 96.8 Å². The molecule has 0 aliphatic heterocycles. The summed E-state index contributed by atoms with van der Waals surface area (Å²) < 4.78 is 0. The van der Waals surface area contributed by atoms with Crippen molar-refractivity contribution in [2.75, 3.05) is 0 Å². The van der Waals surface area contributed by atoms with Gasteiger partial charge in [-0.3, -0.25) is 0 Å². The fourth-order valence-electron chi connectivity index (χ4n) is 5.77. The van der Waals surface area contributed by atoms with Crippen molar-refractivity contribution >= 4 is 0 Å². The van der Waals surface area contributed by atoms with Crippen molar-refractivity contribution in [3.05, 3.63) is 71.3 Å². The minimum absolute atomic E-state index is 0.101. The Bertz CT molecular complexity index is 1330.